The number of benzene rings is 1. The summed E-state index contributed by atoms with van der Waals surface area (Å²) < 4.78 is 0. The summed E-state index contributed by atoms with van der Waals surface area (Å²) in [5.41, 5.74) is 0.318. The van der Waals surface area contributed by atoms with Crippen LogP contribution in [0.3, 0.4) is 0 Å². The summed E-state index contributed by atoms with van der Waals surface area (Å²) >= 11 is 0. The van der Waals surface area contributed by atoms with Crippen LogP contribution in [0.25, 0.3) is 0 Å². The number of nitrogens with zero attached hydrogens (tertiary/aromatic N) is 1. The van der Waals surface area contributed by atoms with Crippen LogP contribution in [0.15, 0.2) is 30.3 Å². The fourth-order valence-corrected chi connectivity index (χ4v) is 5.69. The van der Waals surface area contributed by atoms with E-state index in [0.717, 1.165) is 44.7 Å². The van der Waals surface area contributed by atoms with Crippen LogP contribution in [0.2, 0.25) is 0 Å². The van der Waals surface area contributed by atoms with E-state index in [2.05, 4.69) is 34.5 Å². The van der Waals surface area contributed by atoms with E-state index in [9.17, 15) is 9.90 Å². The zero-order valence-corrected chi connectivity index (χ0v) is 17.3. The lowest BCUT2D eigenvalue weighted by atomic mass is 9.79. The normalized spacial score (nSPS) is 32.6. The van der Waals surface area contributed by atoms with E-state index in [0.29, 0.717) is 6.42 Å². The molecule has 1 saturated heterocycles. The van der Waals surface area contributed by atoms with Gasteiger partial charge in [-0.3, -0.25) is 9.69 Å². The molecule has 3 fully saturated rings. The summed E-state index contributed by atoms with van der Waals surface area (Å²) in [7, 11) is 0. The van der Waals surface area contributed by atoms with Crippen molar-refractivity contribution in [3.8, 4) is 0 Å². The number of aliphatic hydroxyl groups is 1. The maximum Gasteiger partial charge on any atom is 0.223 e. The molecule has 4 nitrogen and oxygen atoms in total. The number of carbonyl (C=O) groups excluding carboxylic acids is 1. The van der Waals surface area contributed by atoms with Gasteiger partial charge in [0, 0.05) is 19.0 Å². The van der Waals surface area contributed by atoms with Crippen LogP contribution in [-0.4, -0.2) is 40.6 Å². The third-order valence-corrected chi connectivity index (χ3v) is 7.42. The first-order chi connectivity index (χ1) is 13.5. The number of rotatable bonds is 5. The van der Waals surface area contributed by atoms with Gasteiger partial charge in [-0.05, 0) is 50.5 Å². The second-order valence-electron chi connectivity index (χ2n) is 9.58. The summed E-state index contributed by atoms with van der Waals surface area (Å²) in [5, 5.41) is 14.6. The van der Waals surface area contributed by atoms with E-state index < -0.39 is 5.60 Å². The van der Waals surface area contributed by atoms with Gasteiger partial charge in [0.2, 0.25) is 5.91 Å². The number of carbonyl (C=O) groups is 1. The Labute approximate surface area is 169 Å². The first kappa shape index (κ1) is 19.9. The average molecular weight is 385 g/mol. The van der Waals surface area contributed by atoms with Crippen molar-refractivity contribution >= 4 is 5.91 Å². The van der Waals surface area contributed by atoms with Crippen LogP contribution in [-0.2, 0) is 4.79 Å². The van der Waals surface area contributed by atoms with Crippen molar-refractivity contribution in [1.29, 1.82) is 0 Å². The van der Waals surface area contributed by atoms with Crippen LogP contribution in [0.1, 0.15) is 76.3 Å². The molecule has 1 aromatic rings. The molecule has 1 aliphatic heterocycles. The van der Waals surface area contributed by atoms with Crippen molar-refractivity contribution in [2.75, 3.05) is 13.1 Å². The van der Waals surface area contributed by atoms with E-state index in [1.165, 1.54) is 31.2 Å². The molecule has 1 heterocycles. The standard InChI is InChI=1S/C24H36N2O2/c1-24(28)15-16-26(17-18-9-5-6-10-18)21(19-11-3-2-4-12-19)22(24)25-23(27)20-13-7-8-14-20/h2-4,11-12,18,20-22,28H,5-10,13-17H2,1H3,(H,25,27). The Bertz CT molecular complexity index is 648. The van der Waals surface area contributed by atoms with Crippen molar-refractivity contribution in [2.24, 2.45) is 11.8 Å². The smallest absolute Gasteiger partial charge is 0.223 e. The highest BCUT2D eigenvalue weighted by atomic mass is 16.3. The van der Waals surface area contributed by atoms with Crippen LogP contribution < -0.4 is 5.32 Å². The van der Waals surface area contributed by atoms with Crippen molar-refractivity contribution in [2.45, 2.75) is 82.4 Å². The Hall–Kier alpha value is -1.39. The molecule has 4 heteroatoms. The van der Waals surface area contributed by atoms with Gasteiger partial charge >= 0.3 is 0 Å². The third-order valence-electron chi connectivity index (χ3n) is 7.42. The second-order valence-corrected chi connectivity index (χ2v) is 9.58. The quantitative estimate of drug-likeness (QED) is 0.805. The van der Waals surface area contributed by atoms with Gasteiger partial charge in [0.25, 0.3) is 0 Å². The highest BCUT2D eigenvalue weighted by Gasteiger charge is 2.47. The second kappa shape index (κ2) is 8.54. The number of nitrogens with one attached hydrogen (secondary N) is 1. The molecule has 1 aromatic carbocycles. The van der Waals surface area contributed by atoms with Gasteiger partial charge in [0.1, 0.15) is 0 Å². The lowest BCUT2D eigenvalue weighted by molar-refractivity contribution is -0.132. The summed E-state index contributed by atoms with van der Waals surface area (Å²) in [6, 6.07) is 10.3. The Morgan fingerprint density at radius 3 is 2.43 bits per heavy atom. The number of amides is 1. The topological polar surface area (TPSA) is 52.6 Å². The van der Waals surface area contributed by atoms with E-state index in [1.807, 2.05) is 13.0 Å². The Balaban J connectivity index is 1.60. The fourth-order valence-electron chi connectivity index (χ4n) is 5.69. The minimum atomic E-state index is -0.888. The van der Waals surface area contributed by atoms with Crippen molar-refractivity contribution in [1.82, 2.24) is 10.2 Å². The predicted octanol–water partition coefficient (Wildman–Crippen LogP) is 4.05. The maximum atomic E-state index is 13.0. The molecule has 1 amide bonds. The van der Waals surface area contributed by atoms with Gasteiger partial charge in [-0.2, -0.15) is 0 Å². The SMILES string of the molecule is CC1(O)CCN(CC2CCCC2)C(c2ccccc2)C1NC(=O)C1CCCC1. The number of piperidine rings is 1. The molecule has 3 unspecified atom stereocenters. The molecule has 0 aromatic heterocycles. The van der Waals surface area contributed by atoms with Gasteiger partial charge in [0.15, 0.2) is 0 Å². The lowest BCUT2D eigenvalue weighted by Crippen LogP contribution is -2.63. The van der Waals surface area contributed by atoms with Crippen LogP contribution in [0.4, 0.5) is 0 Å². The third kappa shape index (κ3) is 4.28. The summed E-state index contributed by atoms with van der Waals surface area (Å²) in [6.07, 6.45) is 10.3. The van der Waals surface area contributed by atoms with Crippen molar-refractivity contribution < 1.29 is 9.90 Å². The zero-order chi connectivity index (χ0) is 19.6. The molecule has 2 N–H and O–H groups in total. The molecule has 154 valence electrons. The van der Waals surface area contributed by atoms with Gasteiger partial charge < -0.3 is 10.4 Å². The first-order valence-corrected chi connectivity index (χ1v) is 11.4. The van der Waals surface area contributed by atoms with E-state index in [1.54, 1.807) is 0 Å². The molecule has 2 aliphatic carbocycles. The minimum absolute atomic E-state index is 0.0379. The number of hydrogen-bond donors (Lipinski definition) is 2. The van der Waals surface area contributed by atoms with E-state index in [4.69, 9.17) is 0 Å². The highest BCUT2D eigenvalue weighted by Crippen LogP contribution is 2.39. The zero-order valence-electron chi connectivity index (χ0n) is 17.3. The Morgan fingerprint density at radius 1 is 1.11 bits per heavy atom. The monoisotopic (exact) mass is 384 g/mol. The molecule has 3 atom stereocenters. The number of hydrogen-bond acceptors (Lipinski definition) is 3. The summed E-state index contributed by atoms with van der Waals surface area (Å²) in [6.45, 7) is 3.87. The molecule has 4 rings (SSSR count). The molecule has 3 aliphatic rings. The Morgan fingerprint density at radius 2 is 1.75 bits per heavy atom. The predicted molar refractivity (Wildman–Crippen MR) is 112 cm³/mol. The van der Waals surface area contributed by atoms with Crippen molar-refractivity contribution in [3.63, 3.8) is 0 Å². The molecular weight excluding hydrogens is 348 g/mol. The summed E-state index contributed by atoms with van der Waals surface area (Å²) in [5.74, 6) is 1.02. The van der Waals surface area contributed by atoms with Crippen LogP contribution >= 0.6 is 0 Å². The minimum Gasteiger partial charge on any atom is -0.388 e. The molecule has 0 bridgehead atoms. The Kier molecular flexibility index (Phi) is 6.07. The van der Waals surface area contributed by atoms with E-state index in [-0.39, 0.29) is 23.9 Å². The van der Waals surface area contributed by atoms with Crippen molar-refractivity contribution in [3.05, 3.63) is 35.9 Å². The lowest BCUT2D eigenvalue weighted by Gasteiger charge is -2.50. The molecule has 2 saturated carbocycles. The average Bonchev–Trinajstić information content (AvgIpc) is 3.39. The van der Waals surface area contributed by atoms with E-state index >= 15 is 0 Å². The number of likely N-dealkylation sites (tertiary alicyclic amines) is 1. The summed E-state index contributed by atoms with van der Waals surface area (Å²) in [4.78, 5) is 15.5. The fraction of sp³-hybridized carbons (Fsp3) is 0.708. The van der Waals surface area contributed by atoms with Gasteiger partial charge in [0.05, 0.1) is 17.7 Å². The van der Waals surface area contributed by atoms with Crippen LogP contribution in [0, 0.1) is 11.8 Å². The van der Waals surface area contributed by atoms with Gasteiger partial charge in [-0.15, -0.1) is 0 Å². The highest BCUT2D eigenvalue weighted by molar-refractivity contribution is 5.79. The molecule has 28 heavy (non-hydrogen) atoms. The molecule has 0 radical (unpaired) electrons. The maximum absolute atomic E-state index is 13.0. The van der Waals surface area contributed by atoms with Crippen LogP contribution in [0.5, 0.6) is 0 Å². The molecule has 0 spiro atoms. The van der Waals surface area contributed by atoms with Gasteiger partial charge in [-0.25, -0.2) is 0 Å². The largest absolute Gasteiger partial charge is 0.388 e. The van der Waals surface area contributed by atoms with Gasteiger partial charge in [-0.1, -0.05) is 56.0 Å². The first-order valence-electron chi connectivity index (χ1n) is 11.4. The molecular formula is C24H36N2O2.